The van der Waals surface area contributed by atoms with Gasteiger partial charge in [0, 0.05) is 0 Å². The number of carboxylic acids is 1. The van der Waals surface area contributed by atoms with Gasteiger partial charge < -0.3 is 15.2 Å². The first-order chi connectivity index (χ1) is 11.1. The third-order valence-electron chi connectivity index (χ3n) is 5.55. The Morgan fingerprint density at radius 2 is 1.83 bits per heavy atom. The molecule has 1 aromatic rings. The largest absolute Gasteiger partial charge is 0.481 e. The van der Waals surface area contributed by atoms with E-state index in [-0.39, 0.29) is 24.2 Å². The molecule has 2 saturated heterocycles. The Morgan fingerprint density at radius 3 is 2.61 bits per heavy atom. The number of rotatable bonds is 3. The second-order valence-electron chi connectivity index (χ2n) is 6.83. The van der Waals surface area contributed by atoms with E-state index in [2.05, 4.69) is 17.4 Å². The number of hydrogen-bond donors (Lipinski definition) is 2. The average molecular weight is 315 g/mol. The maximum Gasteiger partial charge on any atom is 0.310 e. The molecule has 5 heteroatoms. The molecule has 5 nitrogen and oxygen atoms in total. The van der Waals surface area contributed by atoms with Gasteiger partial charge in [-0.2, -0.15) is 0 Å². The van der Waals surface area contributed by atoms with Crippen LogP contribution in [0, 0.1) is 11.8 Å². The lowest BCUT2D eigenvalue weighted by Gasteiger charge is -2.30. The number of nitrogens with one attached hydrogen (secondary N) is 1. The maximum absolute atomic E-state index is 12.8. The summed E-state index contributed by atoms with van der Waals surface area (Å²) in [6.07, 6.45) is 3.98. The summed E-state index contributed by atoms with van der Waals surface area (Å²) >= 11 is 0. The molecule has 122 valence electrons. The minimum Gasteiger partial charge on any atom is -0.481 e. The van der Waals surface area contributed by atoms with Crippen molar-refractivity contribution >= 4 is 11.9 Å². The van der Waals surface area contributed by atoms with Gasteiger partial charge >= 0.3 is 5.97 Å². The molecule has 2 aliphatic heterocycles. The van der Waals surface area contributed by atoms with E-state index in [0.717, 1.165) is 32.1 Å². The van der Waals surface area contributed by atoms with Crippen LogP contribution in [-0.2, 0) is 20.7 Å². The molecule has 2 fully saturated rings. The van der Waals surface area contributed by atoms with Crippen molar-refractivity contribution in [2.45, 2.75) is 50.4 Å². The molecule has 0 unspecified atom stereocenters. The first kappa shape index (κ1) is 14.7. The standard InChI is InChI=1S/C18H21NO4/c20-17(15-13-8-9-14(23-13)16(15)18(21)22)19-12-7-3-5-10-4-1-2-6-11(10)12/h1-2,4,6,12-16H,3,5,7-9H2,(H,19,20)(H,21,22)/t12-,13+,14+,15+,16+/m1/s1. The highest BCUT2D eigenvalue weighted by Crippen LogP contribution is 2.44. The number of aliphatic carboxylic acids is 1. The molecule has 23 heavy (non-hydrogen) atoms. The van der Waals surface area contributed by atoms with E-state index >= 15 is 0 Å². The third-order valence-corrected chi connectivity index (χ3v) is 5.55. The molecule has 4 rings (SSSR count). The highest BCUT2D eigenvalue weighted by Gasteiger charge is 2.55. The Hall–Kier alpha value is -1.88. The van der Waals surface area contributed by atoms with Gasteiger partial charge in [0.15, 0.2) is 0 Å². The second kappa shape index (κ2) is 5.64. The summed E-state index contributed by atoms with van der Waals surface area (Å²) < 4.78 is 5.70. The van der Waals surface area contributed by atoms with Crippen molar-refractivity contribution in [3.63, 3.8) is 0 Å². The fraction of sp³-hybridized carbons (Fsp3) is 0.556. The van der Waals surface area contributed by atoms with E-state index in [1.165, 1.54) is 11.1 Å². The predicted octanol–water partition coefficient (Wildman–Crippen LogP) is 2.06. The van der Waals surface area contributed by atoms with Crippen molar-refractivity contribution in [2.24, 2.45) is 11.8 Å². The van der Waals surface area contributed by atoms with Crippen LogP contribution in [0.5, 0.6) is 0 Å². The number of ether oxygens (including phenoxy) is 1. The molecule has 1 amide bonds. The number of carbonyl (C=O) groups excluding carboxylic acids is 1. The minimum atomic E-state index is -0.915. The molecular formula is C18H21NO4. The number of hydrogen-bond acceptors (Lipinski definition) is 3. The van der Waals surface area contributed by atoms with Gasteiger partial charge in [0.1, 0.15) is 0 Å². The van der Waals surface area contributed by atoms with E-state index in [4.69, 9.17) is 4.74 Å². The second-order valence-corrected chi connectivity index (χ2v) is 6.83. The van der Waals surface area contributed by atoms with Crippen molar-refractivity contribution < 1.29 is 19.4 Å². The molecule has 2 N–H and O–H groups in total. The molecule has 3 aliphatic rings. The third kappa shape index (κ3) is 2.43. The summed E-state index contributed by atoms with van der Waals surface area (Å²) in [5.41, 5.74) is 2.45. The van der Waals surface area contributed by atoms with Gasteiger partial charge in [-0.3, -0.25) is 9.59 Å². The van der Waals surface area contributed by atoms with Crippen LogP contribution >= 0.6 is 0 Å². The van der Waals surface area contributed by atoms with Crippen molar-refractivity contribution in [2.75, 3.05) is 0 Å². The normalized spacial score (nSPS) is 34.9. The van der Waals surface area contributed by atoms with E-state index in [0.29, 0.717) is 0 Å². The van der Waals surface area contributed by atoms with Gasteiger partial charge in [-0.1, -0.05) is 24.3 Å². The zero-order valence-electron chi connectivity index (χ0n) is 12.9. The molecule has 1 aliphatic carbocycles. The molecule has 2 heterocycles. The Labute approximate surface area is 135 Å². The summed E-state index contributed by atoms with van der Waals surface area (Å²) in [6.45, 7) is 0. The molecule has 0 spiro atoms. The first-order valence-corrected chi connectivity index (χ1v) is 8.41. The fourth-order valence-corrected chi connectivity index (χ4v) is 4.50. The van der Waals surface area contributed by atoms with Crippen LogP contribution < -0.4 is 5.32 Å². The fourth-order valence-electron chi connectivity index (χ4n) is 4.50. The lowest BCUT2D eigenvalue weighted by Crippen LogP contribution is -2.45. The highest BCUT2D eigenvalue weighted by molar-refractivity contribution is 5.86. The lowest BCUT2D eigenvalue weighted by atomic mass is 9.78. The monoisotopic (exact) mass is 315 g/mol. The molecule has 1 aromatic carbocycles. The van der Waals surface area contributed by atoms with Crippen molar-refractivity contribution in [1.29, 1.82) is 0 Å². The van der Waals surface area contributed by atoms with Gasteiger partial charge in [-0.15, -0.1) is 0 Å². The Balaban J connectivity index is 1.54. The summed E-state index contributed by atoms with van der Waals surface area (Å²) in [5, 5.41) is 12.6. The zero-order valence-corrected chi connectivity index (χ0v) is 12.9. The summed E-state index contributed by atoms with van der Waals surface area (Å²) in [4.78, 5) is 24.3. The van der Waals surface area contributed by atoms with E-state index in [1.807, 2.05) is 12.1 Å². The summed E-state index contributed by atoms with van der Waals surface area (Å²) in [7, 11) is 0. The van der Waals surface area contributed by atoms with Gasteiger partial charge in [0.2, 0.25) is 5.91 Å². The number of carboxylic acid groups (broad SMARTS) is 1. The smallest absolute Gasteiger partial charge is 0.310 e. The SMILES string of the molecule is O=C(O)[C@@H]1[C@@H](C(=O)N[C@@H]2CCCc3ccccc32)[C@@H]2CC[C@@H]1O2. The van der Waals surface area contributed by atoms with E-state index < -0.39 is 17.8 Å². The topological polar surface area (TPSA) is 75.6 Å². The molecule has 2 bridgehead atoms. The van der Waals surface area contributed by atoms with Gasteiger partial charge in [-0.05, 0) is 43.2 Å². The number of aryl methyl sites for hydroxylation is 1. The quantitative estimate of drug-likeness (QED) is 0.895. The lowest BCUT2D eigenvalue weighted by molar-refractivity contribution is -0.148. The van der Waals surface area contributed by atoms with Gasteiger partial charge in [-0.25, -0.2) is 0 Å². The predicted molar refractivity (Wildman–Crippen MR) is 82.8 cm³/mol. The maximum atomic E-state index is 12.8. The number of benzene rings is 1. The van der Waals surface area contributed by atoms with Crippen LogP contribution in [0.4, 0.5) is 0 Å². The Kier molecular flexibility index (Phi) is 3.60. The Bertz CT molecular complexity index is 644. The molecule has 0 aromatic heterocycles. The van der Waals surface area contributed by atoms with Crippen LogP contribution in [0.25, 0.3) is 0 Å². The number of carbonyl (C=O) groups is 2. The van der Waals surface area contributed by atoms with E-state index in [1.54, 1.807) is 0 Å². The highest BCUT2D eigenvalue weighted by atomic mass is 16.5. The average Bonchev–Trinajstić information content (AvgIpc) is 3.16. The van der Waals surface area contributed by atoms with Crippen LogP contribution in [0.1, 0.15) is 42.9 Å². The summed E-state index contributed by atoms with van der Waals surface area (Å²) in [5.74, 6) is -2.33. The van der Waals surface area contributed by atoms with Crippen molar-refractivity contribution in [3.8, 4) is 0 Å². The van der Waals surface area contributed by atoms with Crippen LogP contribution in [0.2, 0.25) is 0 Å². The molecule has 0 radical (unpaired) electrons. The van der Waals surface area contributed by atoms with Crippen molar-refractivity contribution in [1.82, 2.24) is 5.32 Å². The van der Waals surface area contributed by atoms with Gasteiger partial charge in [0.05, 0.1) is 30.1 Å². The number of fused-ring (bicyclic) bond motifs is 3. The molecular weight excluding hydrogens is 294 g/mol. The van der Waals surface area contributed by atoms with Crippen molar-refractivity contribution in [3.05, 3.63) is 35.4 Å². The van der Waals surface area contributed by atoms with Crippen LogP contribution in [0.3, 0.4) is 0 Å². The minimum absolute atomic E-state index is 0.0129. The van der Waals surface area contributed by atoms with Crippen LogP contribution in [0.15, 0.2) is 24.3 Å². The summed E-state index contributed by atoms with van der Waals surface area (Å²) in [6, 6.07) is 8.16. The van der Waals surface area contributed by atoms with Crippen LogP contribution in [-0.4, -0.2) is 29.2 Å². The Morgan fingerprint density at radius 1 is 1.09 bits per heavy atom. The zero-order chi connectivity index (χ0) is 16.0. The first-order valence-electron chi connectivity index (χ1n) is 8.41. The molecule has 0 saturated carbocycles. The van der Waals surface area contributed by atoms with Gasteiger partial charge in [0.25, 0.3) is 0 Å². The van der Waals surface area contributed by atoms with E-state index in [9.17, 15) is 14.7 Å². The molecule has 5 atom stereocenters. The number of amides is 1.